The predicted molar refractivity (Wildman–Crippen MR) is 159 cm³/mol. The van der Waals surface area contributed by atoms with Crippen LogP contribution in [-0.2, 0) is 5.41 Å². The summed E-state index contributed by atoms with van der Waals surface area (Å²) in [5.41, 5.74) is 9.05. The number of benzene rings is 5. The van der Waals surface area contributed by atoms with Crippen LogP contribution in [0.4, 0.5) is 11.4 Å². The molecule has 5 aliphatic rings. The second-order valence-corrected chi connectivity index (χ2v) is 12.7. The van der Waals surface area contributed by atoms with Crippen LogP contribution in [-0.4, -0.2) is 7.05 Å². The first-order chi connectivity index (χ1) is 18.7. The van der Waals surface area contributed by atoms with Gasteiger partial charge in [0, 0.05) is 23.8 Å². The van der Waals surface area contributed by atoms with Crippen LogP contribution in [0.2, 0.25) is 0 Å². The van der Waals surface area contributed by atoms with Crippen molar-refractivity contribution in [1.82, 2.24) is 0 Å². The maximum absolute atomic E-state index is 2.59. The van der Waals surface area contributed by atoms with Crippen LogP contribution in [0.25, 0.3) is 32.7 Å². The van der Waals surface area contributed by atoms with Crippen LogP contribution < -0.4 is 4.90 Å². The van der Waals surface area contributed by atoms with Gasteiger partial charge in [-0.25, -0.2) is 0 Å². The second-order valence-electron chi connectivity index (χ2n) is 12.7. The van der Waals surface area contributed by atoms with Gasteiger partial charge in [0.15, 0.2) is 0 Å². The first kappa shape index (κ1) is 21.4. The number of fused-ring (bicyclic) bond motifs is 6. The van der Waals surface area contributed by atoms with Crippen molar-refractivity contribution in [1.29, 1.82) is 0 Å². The van der Waals surface area contributed by atoms with E-state index < -0.39 is 0 Å². The summed E-state index contributed by atoms with van der Waals surface area (Å²) in [5.74, 6) is 3.55. The van der Waals surface area contributed by atoms with Gasteiger partial charge >= 0.3 is 0 Å². The Hall–Kier alpha value is -3.58. The van der Waals surface area contributed by atoms with Crippen molar-refractivity contribution >= 4 is 32.9 Å². The molecule has 5 aliphatic carbocycles. The van der Waals surface area contributed by atoms with Crippen molar-refractivity contribution in [3.05, 3.63) is 108 Å². The lowest BCUT2D eigenvalue weighted by atomic mass is 9.43. The van der Waals surface area contributed by atoms with Crippen molar-refractivity contribution in [2.75, 3.05) is 11.9 Å². The van der Waals surface area contributed by atoms with E-state index in [0.29, 0.717) is 0 Å². The van der Waals surface area contributed by atoms with Gasteiger partial charge in [-0.15, -0.1) is 0 Å². The normalized spacial score (nSPS) is 28.2. The van der Waals surface area contributed by atoms with E-state index in [9.17, 15) is 0 Å². The van der Waals surface area contributed by atoms with Crippen LogP contribution in [0.3, 0.4) is 0 Å². The molecular formula is C37H33N. The lowest BCUT2D eigenvalue weighted by Crippen LogP contribution is -2.55. The quantitative estimate of drug-likeness (QED) is 0.222. The molecule has 1 nitrogen and oxygen atoms in total. The van der Waals surface area contributed by atoms with Crippen molar-refractivity contribution in [2.45, 2.75) is 37.5 Å². The van der Waals surface area contributed by atoms with Gasteiger partial charge in [-0.3, -0.25) is 0 Å². The predicted octanol–water partition coefficient (Wildman–Crippen LogP) is 9.48. The number of rotatable bonds is 2. The molecule has 0 aromatic heterocycles. The van der Waals surface area contributed by atoms with E-state index in [2.05, 4.69) is 109 Å². The van der Waals surface area contributed by atoms with E-state index in [1.807, 2.05) is 0 Å². The van der Waals surface area contributed by atoms with Gasteiger partial charge in [-0.1, -0.05) is 72.8 Å². The lowest BCUT2D eigenvalue weighted by Gasteiger charge is -2.61. The Labute approximate surface area is 225 Å². The van der Waals surface area contributed by atoms with Gasteiger partial charge in [-0.2, -0.15) is 0 Å². The van der Waals surface area contributed by atoms with Gasteiger partial charge in [0.2, 0.25) is 0 Å². The summed E-state index contributed by atoms with van der Waals surface area (Å²) in [6.45, 7) is 0. The molecule has 1 spiro atoms. The van der Waals surface area contributed by atoms with Crippen LogP contribution in [0.15, 0.2) is 97.1 Å². The topological polar surface area (TPSA) is 3.24 Å². The van der Waals surface area contributed by atoms with Crippen LogP contribution in [0.5, 0.6) is 0 Å². The minimum atomic E-state index is 0.221. The van der Waals surface area contributed by atoms with Gasteiger partial charge < -0.3 is 4.90 Å². The third-order valence-electron chi connectivity index (χ3n) is 11.0. The summed E-state index contributed by atoms with van der Waals surface area (Å²) in [6, 6.07) is 37.0. The van der Waals surface area contributed by atoms with Gasteiger partial charge in [0.1, 0.15) is 0 Å². The Kier molecular flexibility index (Phi) is 4.22. The molecule has 0 aliphatic heterocycles. The fraction of sp³-hybridized carbons (Fsp3) is 0.297. The summed E-state index contributed by atoms with van der Waals surface area (Å²) < 4.78 is 0. The van der Waals surface area contributed by atoms with Crippen molar-refractivity contribution < 1.29 is 0 Å². The number of hydrogen-bond acceptors (Lipinski definition) is 1. The van der Waals surface area contributed by atoms with Crippen LogP contribution in [0.1, 0.15) is 43.2 Å². The van der Waals surface area contributed by atoms with E-state index in [-0.39, 0.29) is 5.41 Å². The summed E-state index contributed by atoms with van der Waals surface area (Å²) in [5, 5.41) is 5.27. The number of anilines is 2. The van der Waals surface area contributed by atoms with Crippen LogP contribution >= 0.6 is 0 Å². The second kappa shape index (κ2) is 7.50. The lowest BCUT2D eigenvalue weighted by molar-refractivity contribution is -0.0399. The Morgan fingerprint density at radius 2 is 1.18 bits per heavy atom. The number of nitrogens with zero attached hydrogens (tertiary/aromatic N) is 1. The Bertz CT molecular complexity index is 1730. The first-order valence-electron chi connectivity index (χ1n) is 14.6. The van der Waals surface area contributed by atoms with Crippen molar-refractivity contribution in [3.8, 4) is 11.1 Å². The molecule has 5 aromatic carbocycles. The van der Waals surface area contributed by atoms with Crippen LogP contribution in [0, 0.1) is 23.7 Å². The molecule has 186 valence electrons. The molecule has 5 aromatic rings. The molecule has 0 heterocycles. The molecule has 0 amide bonds. The highest BCUT2D eigenvalue weighted by atomic mass is 15.1. The molecule has 1 heteroatoms. The molecule has 0 N–H and O–H groups in total. The molecule has 4 saturated carbocycles. The SMILES string of the molecule is CN(c1ccc2c(c1)C1(c3ccccc3-2)C2CC3CC(C2)CC1C3)c1ccc2c(ccc3ccccc32)c1. The fourth-order valence-corrected chi connectivity index (χ4v) is 9.71. The minimum Gasteiger partial charge on any atom is -0.345 e. The Morgan fingerprint density at radius 3 is 2.03 bits per heavy atom. The maximum atomic E-state index is 2.59. The highest BCUT2D eigenvalue weighted by Crippen LogP contribution is 2.69. The van der Waals surface area contributed by atoms with Gasteiger partial charge in [-0.05, 0) is 124 Å². The highest BCUT2D eigenvalue weighted by molar-refractivity contribution is 6.08. The third kappa shape index (κ3) is 2.67. The Morgan fingerprint density at radius 1 is 0.553 bits per heavy atom. The molecule has 0 saturated heterocycles. The van der Waals surface area contributed by atoms with E-state index in [0.717, 1.165) is 23.7 Å². The van der Waals surface area contributed by atoms with E-state index in [1.165, 1.54) is 76.2 Å². The third-order valence-corrected chi connectivity index (χ3v) is 11.0. The molecule has 10 rings (SSSR count). The monoisotopic (exact) mass is 491 g/mol. The first-order valence-corrected chi connectivity index (χ1v) is 14.6. The molecule has 0 unspecified atom stereocenters. The molecule has 0 radical (unpaired) electrons. The summed E-state index contributed by atoms with van der Waals surface area (Å²) >= 11 is 0. The molecule has 4 fully saturated rings. The molecular weight excluding hydrogens is 458 g/mol. The highest BCUT2D eigenvalue weighted by Gasteiger charge is 2.61. The van der Waals surface area contributed by atoms with Crippen molar-refractivity contribution in [2.24, 2.45) is 23.7 Å². The summed E-state index contributed by atoms with van der Waals surface area (Å²) in [6.07, 6.45) is 7.22. The Balaban J connectivity index is 1.18. The molecule has 4 bridgehead atoms. The zero-order valence-electron chi connectivity index (χ0n) is 22.0. The van der Waals surface area contributed by atoms with E-state index in [4.69, 9.17) is 0 Å². The largest absolute Gasteiger partial charge is 0.345 e. The zero-order chi connectivity index (χ0) is 25.0. The van der Waals surface area contributed by atoms with Gasteiger partial charge in [0.05, 0.1) is 0 Å². The smallest absolute Gasteiger partial charge is 0.0414 e. The van der Waals surface area contributed by atoms with E-state index in [1.54, 1.807) is 11.1 Å². The maximum Gasteiger partial charge on any atom is 0.0414 e. The minimum absolute atomic E-state index is 0.221. The molecule has 0 atom stereocenters. The number of hydrogen-bond donors (Lipinski definition) is 0. The average molecular weight is 492 g/mol. The van der Waals surface area contributed by atoms with Crippen molar-refractivity contribution in [3.63, 3.8) is 0 Å². The summed E-state index contributed by atoms with van der Waals surface area (Å²) in [7, 11) is 2.25. The van der Waals surface area contributed by atoms with Gasteiger partial charge in [0.25, 0.3) is 0 Å². The fourth-order valence-electron chi connectivity index (χ4n) is 9.71. The summed E-state index contributed by atoms with van der Waals surface area (Å²) in [4.78, 5) is 2.40. The average Bonchev–Trinajstić information content (AvgIpc) is 3.25. The molecule has 38 heavy (non-hydrogen) atoms. The standard InChI is InChI=1S/C37H33N/c1-38(29-12-14-32-26(21-29)11-10-25-6-2-3-7-31(25)32)30-13-15-34-33-8-4-5-9-35(33)37(36(34)22-30)27-17-23-16-24(19-27)20-28(37)18-23/h2-15,21-24,27-28H,16-20H2,1H3. The van der Waals surface area contributed by atoms with E-state index >= 15 is 0 Å². The zero-order valence-corrected chi connectivity index (χ0v) is 22.0.